The molecule has 1 amide bonds. The number of anilines is 1. The average Bonchev–Trinajstić information content (AvgIpc) is 3.18. The second-order valence-corrected chi connectivity index (χ2v) is 6.90. The van der Waals surface area contributed by atoms with Gasteiger partial charge in [-0.25, -0.2) is 0 Å². The number of thioether (sulfide) groups is 1. The first-order chi connectivity index (χ1) is 13.2. The SMILES string of the molecule is CC(Sc1nnc(-c2cccnc2)o1)C(=O)N(CCC#N)c1ccccc1. The zero-order valence-corrected chi connectivity index (χ0v) is 15.5. The first kappa shape index (κ1) is 18.6. The van der Waals surface area contributed by atoms with E-state index in [1.807, 2.05) is 36.4 Å². The summed E-state index contributed by atoms with van der Waals surface area (Å²) in [6.45, 7) is 2.11. The van der Waals surface area contributed by atoms with Crippen LogP contribution in [0, 0.1) is 11.3 Å². The second-order valence-electron chi connectivity index (χ2n) is 5.61. The summed E-state index contributed by atoms with van der Waals surface area (Å²) in [7, 11) is 0. The van der Waals surface area contributed by atoms with E-state index in [0.29, 0.717) is 17.7 Å². The standard InChI is InChI=1S/C19H17N5O2S/c1-14(18(25)24(12-6-10-20)16-8-3-2-4-9-16)27-19-23-22-17(26-19)15-7-5-11-21-13-15/h2-5,7-9,11,13-14H,6,12H2,1H3. The van der Waals surface area contributed by atoms with Gasteiger partial charge in [0.1, 0.15) is 0 Å². The minimum atomic E-state index is -0.453. The lowest BCUT2D eigenvalue weighted by Crippen LogP contribution is -2.37. The van der Waals surface area contributed by atoms with Gasteiger partial charge in [0.15, 0.2) is 0 Å². The molecule has 0 saturated carbocycles. The quantitative estimate of drug-likeness (QED) is 0.579. The molecule has 0 saturated heterocycles. The van der Waals surface area contributed by atoms with E-state index in [1.165, 1.54) is 11.8 Å². The third-order valence-electron chi connectivity index (χ3n) is 3.72. The van der Waals surface area contributed by atoms with Gasteiger partial charge in [-0.15, -0.1) is 10.2 Å². The van der Waals surface area contributed by atoms with Crippen LogP contribution < -0.4 is 4.90 Å². The zero-order valence-electron chi connectivity index (χ0n) is 14.6. The molecule has 0 spiro atoms. The Morgan fingerprint density at radius 1 is 1.26 bits per heavy atom. The Morgan fingerprint density at radius 3 is 2.78 bits per heavy atom. The number of hydrogen-bond donors (Lipinski definition) is 0. The minimum absolute atomic E-state index is 0.123. The van der Waals surface area contributed by atoms with Gasteiger partial charge in [-0.05, 0) is 31.2 Å². The molecule has 27 heavy (non-hydrogen) atoms. The Labute approximate surface area is 161 Å². The molecule has 0 radical (unpaired) electrons. The van der Waals surface area contributed by atoms with Gasteiger partial charge in [0.05, 0.1) is 23.3 Å². The highest BCUT2D eigenvalue weighted by molar-refractivity contribution is 8.00. The number of nitrogens with zero attached hydrogens (tertiary/aromatic N) is 5. The van der Waals surface area contributed by atoms with Crippen LogP contribution in [0.15, 0.2) is 64.5 Å². The molecule has 136 valence electrons. The molecule has 7 nitrogen and oxygen atoms in total. The number of nitriles is 1. The molecule has 0 aliphatic carbocycles. The van der Waals surface area contributed by atoms with E-state index >= 15 is 0 Å². The van der Waals surface area contributed by atoms with Crippen molar-refractivity contribution in [3.63, 3.8) is 0 Å². The predicted octanol–water partition coefficient (Wildman–Crippen LogP) is 3.56. The molecule has 1 aromatic carbocycles. The van der Waals surface area contributed by atoms with Crippen molar-refractivity contribution in [3.05, 3.63) is 54.9 Å². The number of rotatable bonds is 7. The Kier molecular flexibility index (Phi) is 6.18. The Hall–Kier alpha value is -3.18. The van der Waals surface area contributed by atoms with Crippen LogP contribution in [0.2, 0.25) is 0 Å². The smallest absolute Gasteiger partial charge is 0.277 e. The first-order valence-electron chi connectivity index (χ1n) is 8.33. The molecule has 0 aliphatic rings. The highest BCUT2D eigenvalue weighted by atomic mass is 32.2. The molecule has 1 atom stereocenters. The molecular weight excluding hydrogens is 362 g/mol. The number of benzene rings is 1. The van der Waals surface area contributed by atoms with Gasteiger partial charge in [0, 0.05) is 24.6 Å². The third-order valence-corrected chi connectivity index (χ3v) is 4.64. The Balaban J connectivity index is 1.72. The summed E-state index contributed by atoms with van der Waals surface area (Å²) in [6, 6.07) is 15.0. The van der Waals surface area contributed by atoms with Gasteiger partial charge in [-0.1, -0.05) is 30.0 Å². The molecule has 3 aromatic rings. The van der Waals surface area contributed by atoms with E-state index in [-0.39, 0.29) is 12.3 Å². The monoisotopic (exact) mass is 379 g/mol. The van der Waals surface area contributed by atoms with Gasteiger partial charge in [0.2, 0.25) is 11.8 Å². The first-order valence-corrected chi connectivity index (χ1v) is 9.21. The summed E-state index contributed by atoms with van der Waals surface area (Å²) in [4.78, 5) is 18.6. The van der Waals surface area contributed by atoms with Crippen LogP contribution in [0.1, 0.15) is 13.3 Å². The number of amides is 1. The van der Waals surface area contributed by atoms with Crippen molar-refractivity contribution in [2.24, 2.45) is 0 Å². The van der Waals surface area contributed by atoms with Crippen molar-refractivity contribution in [1.82, 2.24) is 15.2 Å². The Bertz CT molecular complexity index is 924. The van der Waals surface area contributed by atoms with E-state index in [2.05, 4.69) is 21.3 Å². The highest BCUT2D eigenvalue weighted by Crippen LogP contribution is 2.28. The molecule has 1 unspecified atom stereocenters. The van der Waals surface area contributed by atoms with Crippen molar-refractivity contribution in [1.29, 1.82) is 5.26 Å². The van der Waals surface area contributed by atoms with Gasteiger partial charge in [-0.2, -0.15) is 5.26 Å². The highest BCUT2D eigenvalue weighted by Gasteiger charge is 2.24. The van der Waals surface area contributed by atoms with Crippen LogP contribution in [0.25, 0.3) is 11.5 Å². The van der Waals surface area contributed by atoms with Gasteiger partial charge in [-0.3, -0.25) is 9.78 Å². The maximum atomic E-state index is 12.9. The topological polar surface area (TPSA) is 95.9 Å². The molecule has 0 bridgehead atoms. The molecule has 2 heterocycles. The number of para-hydroxylation sites is 1. The summed E-state index contributed by atoms with van der Waals surface area (Å²) in [5.41, 5.74) is 1.47. The lowest BCUT2D eigenvalue weighted by atomic mass is 10.2. The normalized spacial score (nSPS) is 11.6. The van der Waals surface area contributed by atoms with Crippen LogP contribution in [-0.4, -0.2) is 32.9 Å². The summed E-state index contributed by atoms with van der Waals surface area (Å²) >= 11 is 1.19. The van der Waals surface area contributed by atoms with E-state index in [9.17, 15) is 4.79 Å². The van der Waals surface area contributed by atoms with Gasteiger partial charge >= 0.3 is 0 Å². The van der Waals surface area contributed by atoms with Crippen LogP contribution in [0.3, 0.4) is 0 Å². The molecular formula is C19H17N5O2S. The number of pyridine rings is 1. The van der Waals surface area contributed by atoms with Gasteiger partial charge < -0.3 is 9.32 Å². The van der Waals surface area contributed by atoms with Crippen LogP contribution in [0.4, 0.5) is 5.69 Å². The van der Waals surface area contributed by atoms with Crippen molar-refractivity contribution in [2.45, 2.75) is 23.8 Å². The lowest BCUT2D eigenvalue weighted by molar-refractivity contribution is -0.117. The predicted molar refractivity (Wildman–Crippen MR) is 102 cm³/mol. The molecule has 0 fully saturated rings. The third kappa shape index (κ3) is 4.71. The maximum absolute atomic E-state index is 12.9. The number of hydrogen-bond acceptors (Lipinski definition) is 7. The lowest BCUT2D eigenvalue weighted by Gasteiger charge is -2.24. The largest absolute Gasteiger partial charge is 0.411 e. The second kappa shape index (κ2) is 8.96. The summed E-state index contributed by atoms with van der Waals surface area (Å²) in [6.07, 6.45) is 3.55. The van der Waals surface area contributed by atoms with Gasteiger partial charge in [0.25, 0.3) is 5.22 Å². The van der Waals surface area contributed by atoms with Crippen molar-refractivity contribution < 1.29 is 9.21 Å². The fourth-order valence-corrected chi connectivity index (χ4v) is 3.17. The van der Waals surface area contributed by atoms with Crippen LogP contribution in [0.5, 0.6) is 0 Å². The minimum Gasteiger partial charge on any atom is -0.411 e. The van der Waals surface area contributed by atoms with Crippen LogP contribution >= 0.6 is 11.8 Å². The number of carbonyl (C=O) groups excluding carboxylic acids is 1. The molecule has 0 N–H and O–H groups in total. The fraction of sp³-hybridized carbons (Fsp3) is 0.211. The number of carbonyl (C=O) groups is 1. The van der Waals surface area contributed by atoms with E-state index in [1.54, 1.807) is 30.3 Å². The number of aromatic nitrogens is 3. The fourth-order valence-electron chi connectivity index (χ4n) is 2.42. The summed E-state index contributed by atoms with van der Waals surface area (Å²) in [5.74, 6) is 0.234. The van der Waals surface area contributed by atoms with Crippen molar-refractivity contribution in [3.8, 4) is 17.5 Å². The van der Waals surface area contributed by atoms with E-state index < -0.39 is 5.25 Å². The van der Waals surface area contributed by atoms with Crippen molar-refractivity contribution in [2.75, 3.05) is 11.4 Å². The molecule has 2 aromatic heterocycles. The van der Waals surface area contributed by atoms with E-state index in [4.69, 9.17) is 9.68 Å². The van der Waals surface area contributed by atoms with Crippen molar-refractivity contribution >= 4 is 23.4 Å². The van der Waals surface area contributed by atoms with E-state index in [0.717, 1.165) is 11.3 Å². The summed E-state index contributed by atoms with van der Waals surface area (Å²) in [5, 5.41) is 16.8. The molecule has 0 aliphatic heterocycles. The average molecular weight is 379 g/mol. The molecule has 3 rings (SSSR count). The van der Waals surface area contributed by atoms with Crippen LogP contribution in [-0.2, 0) is 4.79 Å². The summed E-state index contributed by atoms with van der Waals surface area (Å²) < 4.78 is 5.63. The maximum Gasteiger partial charge on any atom is 0.277 e. The zero-order chi connectivity index (χ0) is 19.1. The Morgan fingerprint density at radius 2 is 2.07 bits per heavy atom. The molecule has 8 heteroatoms.